The van der Waals surface area contributed by atoms with Gasteiger partial charge in [0.15, 0.2) is 0 Å². The van der Waals surface area contributed by atoms with Crippen molar-refractivity contribution in [3.8, 4) is 0 Å². The van der Waals surface area contributed by atoms with E-state index in [1.165, 1.54) is 25.7 Å². The van der Waals surface area contributed by atoms with Crippen molar-refractivity contribution in [3.05, 3.63) is 0 Å². The van der Waals surface area contributed by atoms with Crippen molar-refractivity contribution in [1.29, 1.82) is 0 Å². The van der Waals surface area contributed by atoms with Gasteiger partial charge in [-0.15, -0.1) is 0 Å². The third kappa shape index (κ3) is 4.87. The lowest BCUT2D eigenvalue weighted by Gasteiger charge is -2.46. The Bertz CT molecular complexity index is 223. The molecule has 0 aliphatic rings. The average Bonchev–Trinajstić information content (AvgIpc) is 2.36. The topological polar surface area (TPSA) is 18.5 Å². The van der Waals surface area contributed by atoms with Gasteiger partial charge >= 0.3 is 8.56 Å². The van der Waals surface area contributed by atoms with Crippen molar-refractivity contribution < 1.29 is 8.85 Å². The SMILES string of the molecule is CCCC[Si](OCC)(OCC)C(C)(C)C(C)CCC. The summed E-state index contributed by atoms with van der Waals surface area (Å²) in [5, 5.41) is 0.171. The van der Waals surface area contributed by atoms with Crippen molar-refractivity contribution in [2.45, 2.75) is 85.2 Å². The minimum Gasteiger partial charge on any atom is -0.394 e. The highest BCUT2D eigenvalue weighted by Gasteiger charge is 2.53. The van der Waals surface area contributed by atoms with Gasteiger partial charge in [-0.1, -0.05) is 60.3 Å². The summed E-state index contributed by atoms with van der Waals surface area (Å²) in [5.74, 6) is 0.652. The van der Waals surface area contributed by atoms with Crippen LogP contribution in [0.1, 0.15) is 74.1 Å². The Hall–Kier alpha value is 0.137. The molecule has 1 atom stereocenters. The van der Waals surface area contributed by atoms with Crippen LogP contribution in [0.5, 0.6) is 0 Å². The lowest BCUT2D eigenvalue weighted by molar-refractivity contribution is 0.139. The Balaban J connectivity index is 5.23. The van der Waals surface area contributed by atoms with Crippen LogP contribution in [-0.4, -0.2) is 21.8 Å². The summed E-state index contributed by atoms with van der Waals surface area (Å²) >= 11 is 0. The molecule has 19 heavy (non-hydrogen) atoms. The molecule has 0 heterocycles. The van der Waals surface area contributed by atoms with Crippen LogP contribution >= 0.6 is 0 Å². The zero-order valence-corrected chi connectivity index (χ0v) is 15.3. The molecule has 0 rings (SSSR count). The molecule has 0 spiro atoms. The van der Waals surface area contributed by atoms with Gasteiger partial charge in [-0.05, 0) is 25.8 Å². The Morgan fingerprint density at radius 1 is 0.947 bits per heavy atom. The lowest BCUT2D eigenvalue weighted by Crippen LogP contribution is -2.54. The molecule has 0 aliphatic carbocycles. The Kier molecular flexibility index (Phi) is 9.21. The van der Waals surface area contributed by atoms with Crippen LogP contribution in [-0.2, 0) is 8.85 Å². The maximum atomic E-state index is 6.32. The molecule has 0 bridgehead atoms. The van der Waals surface area contributed by atoms with Crippen LogP contribution in [0.25, 0.3) is 0 Å². The van der Waals surface area contributed by atoms with Crippen molar-refractivity contribution >= 4 is 8.56 Å². The average molecular weight is 289 g/mol. The summed E-state index contributed by atoms with van der Waals surface area (Å²) in [4.78, 5) is 0. The smallest absolute Gasteiger partial charge is 0.344 e. The molecule has 2 nitrogen and oxygen atoms in total. The molecule has 0 amide bonds. The molecule has 0 saturated carbocycles. The zero-order chi connectivity index (χ0) is 14.9. The standard InChI is InChI=1S/C16H36O2Si/c1-8-12-14-19(17-10-3,18-11-4)16(6,7)15(5)13-9-2/h15H,8-14H2,1-7H3. The minimum absolute atomic E-state index is 0.171. The second-order valence-corrected chi connectivity index (χ2v) is 10.0. The molecular weight excluding hydrogens is 252 g/mol. The van der Waals surface area contributed by atoms with E-state index >= 15 is 0 Å². The summed E-state index contributed by atoms with van der Waals surface area (Å²) in [5.41, 5.74) is 0. The Morgan fingerprint density at radius 3 is 1.84 bits per heavy atom. The second-order valence-electron chi connectivity index (χ2n) is 6.13. The maximum Gasteiger partial charge on any atom is 0.344 e. The lowest BCUT2D eigenvalue weighted by atomic mass is 9.92. The first-order chi connectivity index (χ1) is 8.91. The third-order valence-corrected chi connectivity index (χ3v) is 9.53. The molecule has 3 heteroatoms. The van der Waals surface area contributed by atoms with Crippen LogP contribution in [0, 0.1) is 5.92 Å². The molecule has 1 unspecified atom stereocenters. The summed E-state index contributed by atoms with van der Waals surface area (Å²) in [6.07, 6.45) is 4.93. The minimum atomic E-state index is -2.14. The molecule has 116 valence electrons. The summed E-state index contributed by atoms with van der Waals surface area (Å²) in [6.45, 7) is 17.4. The molecule has 0 saturated heterocycles. The van der Waals surface area contributed by atoms with Crippen LogP contribution in [0.3, 0.4) is 0 Å². The van der Waals surface area contributed by atoms with E-state index in [2.05, 4.69) is 48.5 Å². The highest BCUT2D eigenvalue weighted by Crippen LogP contribution is 2.49. The van der Waals surface area contributed by atoms with Gasteiger partial charge in [0.1, 0.15) is 0 Å². The summed E-state index contributed by atoms with van der Waals surface area (Å²) < 4.78 is 12.6. The van der Waals surface area contributed by atoms with Gasteiger partial charge in [0.25, 0.3) is 0 Å². The monoisotopic (exact) mass is 288 g/mol. The van der Waals surface area contributed by atoms with E-state index < -0.39 is 8.56 Å². The van der Waals surface area contributed by atoms with Crippen LogP contribution in [0.15, 0.2) is 0 Å². The van der Waals surface area contributed by atoms with Crippen LogP contribution < -0.4 is 0 Å². The van der Waals surface area contributed by atoms with E-state index in [0.717, 1.165) is 19.3 Å². The molecule has 0 N–H and O–H groups in total. The Labute approximate surface area is 122 Å². The van der Waals surface area contributed by atoms with Crippen molar-refractivity contribution in [2.24, 2.45) is 5.92 Å². The largest absolute Gasteiger partial charge is 0.394 e. The van der Waals surface area contributed by atoms with Gasteiger partial charge in [0, 0.05) is 18.3 Å². The number of unbranched alkanes of at least 4 members (excludes halogenated alkanes) is 1. The van der Waals surface area contributed by atoms with Crippen molar-refractivity contribution in [2.75, 3.05) is 13.2 Å². The third-order valence-electron chi connectivity index (χ3n) is 4.55. The fourth-order valence-corrected chi connectivity index (χ4v) is 7.33. The van der Waals surface area contributed by atoms with E-state index in [9.17, 15) is 0 Å². The highest BCUT2D eigenvalue weighted by molar-refractivity contribution is 6.70. The van der Waals surface area contributed by atoms with E-state index in [0.29, 0.717) is 5.92 Å². The fourth-order valence-electron chi connectivity index (χ4n) is 2.93. The molecule has 0 radical (unpaired) electrons. The fraction of sp³-hybridized carbons (Fsp3) is 1.00. The molecule has 0 aromatic rings. The number of hydrogen-bond donors (Lipinski definition) is 0. The number of rotatable bonds is 11. The van der Waals surface area contributed by atoms with Gasteiger partial charge in [0.05, 0.1) is 0 Å². The van der Waals surface area contributed by atoms with Gasteiger partial charge in [-0.3, -0.25) is 0 Å². The van der Waals surface area contributed by atoms with Gasteiger partial charge in [0.2, 0.25) is 0 Å². The predicted octanol–water partition coefficient (Wildman–Crippen LogP) is 5.52. The molecule has 0 aromatic heterocycles. The maximum absolute atomic E-state index is 6.32. The van der Waals surface area contributed by atoms with Gasteiger partial charge in [-0.25, -0.2) is 0 Å². The van der Waals surface area contributed by atoms with Gasteiger partial charge in [-0.2, -0.15) is 0 Å². The molecule has 0 fully saturated rings. The van der Waals surface area contributed by atoms with E-state index in [4.69, 9.17) is 8.85 Å². The molecule has 0 aromatic carbocycles. The van der Waals surface area contributed by atoms with E-state index in [1.807, 2.05) is 0 Å². The Morgan fingerprint density at radius 2 is 1.47 bits per heavy atom. The molecule has 0 aliphatic heterocycles. The van der Waals surface area contributed by atoms with Crippen molar-refractivity contribution in [1.82, 2.24) is 0 Å². The van der Waals surface area contributed by atoms with Crippen LogP contribution in [0.4, 0.5) is 0 Å². The molecular formula is C16H36O2Si. The first-order valence-electron chi connectivity index (χ1n) is 8.19. The number of hydrogen-bond acceptors (Lipinski definition) is 2. The van der Waals surface area contributed by atoms with E-state index in [1.54, 1.807) is 0 Å². The van der Waals surface area contributed by atoms with Gasteiger partial charge < -0.3 is 8.85 Å². The normalized spacial score (nSPS) is 14.7. The highest BCUT2D eigenvalue weighted by atomic mass is 28.4. The summed E-state index contributed by atoms with van der Waals surface area (Å²) in [6, 6.07) is 1.13. The predicted molar refractivity (Wildman–Crippen MR) is 86.8 cm³/mol. The first-order valence-corrected chi connectivity index (χ1v) is 10.2. The summed E-state index contributed by atoms with van der Waals surface area (Å²) in [7, 11) is -2.14. The quantitative estimate of drug-likeness (QED) is 0.466. The second kappa shape index (κ2) is 9.14. The van der Waals surface area contributed by atoms with Crippen LogP contribution in [0.2, 0.25) is 11.1 Å². The van der Waals surface area contributed by atoms with Crippen molar-refractivity contribution in [3.63, 3.8) is 0 Å². The zero-order valence-electron chi connectivity index (χ0n) is 14.3. The van der Waals surface area contributed by atoms with E-state index in [-0.39, 0.29) is 5.04 Å². The first kappa shape index (κ1) is 19.1.